The van der Waals surface area contributed by atoms with Crippen LogP contribution in [0.5, 0.6) is 0 Å². The van der Waals surface area contributed by atoms with Crippen molar-refractivity contribution in [3.8, 4) is 0 Å². The van der Waals surface area contributed by atoms with Gasteiger partial charge in [0.2, 0.25) is 0 Å². The summed E-state index contributed by atoms with van der Waals surface area (Å²) in [7, 11) is 2.00. The Kier molecular flexibility index (Phi) is 3.28. The Morgan fingerprint density at radius 2 is 2.24 bits per heavy atom. The van der Waals surface area contributed by atoms with Crippen LogP contribution in [0.3, 0.4) is 0 Å². The standard InChI is InChI=1S/C12H17N3O2/c1-9-5-11(7-12(6-9)15(16)17)14(2)10-3-4-13-8-10/h5-7,10,13H,3-4,8H2,1-2H3. The fourth-order valence-corrected chi connectivity index (χ4v) is 2.23. The van der Waals surface area contributed by atoms with E-state index < -0.39 is 0 Å². The zero-order valence-corrected chi connectivity index (χ0v) is 10.1. The summed E-state index contributed by atoms with van der Waals surface area (Å²) < 4.78 is 0. The van der Waals surface area contributed by atoms with Crippen molar-refractivity contribution in [2.75, 3.05) is 25.0 Å². The topological polar surface area (TPSA) is 58.4 Å². The predicted octanol–water partition coefficient (Wildman–Crippen LogP) is 1.70. The van der Waals surface area contributed by atoms with Crippen LogP contribution in [0.1, 0.15) is 12.0 Å². The van der Waals surface area contributed by atoms with Gasteiger partial charge in [0.15, 0.2) is 0 Å². The minimum absolute atomic E-state index is 0.165. The third-order valence-electron chi connectivity index (χ3n) is 3.25. The highest BCUT2D eigenvalue weighted by Gasteiger charge is 2.21. The first-order valence-corrected chi connectivity index (χ1v) is 5.77. The number of benzene rings is 1. The average Bonchev–Trinajstić information content (AvgIpc) is 2.80. The molecule has 0 spiro atoms. The quantitative estimate of drug-likeness (QED) is 0.640. The van der Waals surface area contributed by atoms with Crippen molar-refractivity contribution < 1.29 is 4.92 Å². The van der Waals surface area contributed by atoms with Gasteiger partial charge in [0, 0.05) is 37.5 Å². The molecule has 1 aliphatic rings. The summed E-state index contributed by atoms with van der Waals surface area (Å²) in [5.74, 6) is 0. The predicted molar refractivity (Wildman–Crippen MR) is 67.5 cm³/mol. The molecule has 0 saturated carbocycles. The Balaban J connectivity index is 2.27. The number of hydrogen-bond donors (Lipinski definition) is 1. The van der Waals surface area contributed by atoms with Crippen LogP contribution in [0.15, 0.2) is 18.2 Å². The van der Waals surface area contributed by atoms with Gasteiger partial charge in [-0.05, 0) is 31.5 Å². The van der Waals surface area contributed by atoms with Crippen molar-refractivity contribution in [3.05, 3.63) is 33.9 Å². The molecule has 1 N–H and O–H groups in total. The molecule has 0 bridgehead atoms. The first kappa shape index (κ1) is 11.9. The second-order valence-corrected chi connectivity index (χ2v) is 4.54. The summed E-state index contributed by atoms with van der Waals surface area (Å²) in [6.07, 6.45) is 1.08. The lowest BCUT2D eigenvalue weighted by Crippen LogP contribution is -2.33. The fraction of sp³-hybridized carbons (Fsp3) is 0.500. The number of aryl methyl sites for hydroxylation is 1. The summed E-state index contributed by atoms with van der Waals surface area (Å²) in [6.45, 7) is 3.85. The van der Waals surface area contributed by atoms with Crippen LogP contribution in [-0.4, -0.2) is 31.1 Å². The first-order chi connectivity index (χ1) is 8.08. The maximum absolute atomic E-state index is 10.8. The number of non-ortho nitro benzene ring substituents is 1. The Morgan fingerprint density at radius 3 is 2.82 bits per heavy atom. The van der Waals surface area contributed by atoms with E-state index in [1.165, 1.54) is 0 Å². The molecule has 1 heterocycles. The van der Waals surface area contributed by atoms with Crippen molar-refractivity contribution >= 4 is 11.4 Å². The molecule has 1 unspecified atom stereocenters. The molecule has 0 aromatic heterocycles. The van der Waals surface area contributed by atoms with Crippen LogP contribution in [0.2, 0.25) is 0 Å². The van der Waals surface area contributed by atoms with Crippen molar-refractivity contribution in [1.82, 2.24) is 5.32 Å². The van der Waals surface area contributed by atoms with E-state index in [-0.39, 0.29) is 10.6 Å². The smallest absolute Gasteiger partial charge is 0.271 e. The van der Waals surface area contributed by atoms with Crippen LogP contribution in [0.25, 0.3) is 0 Å². The zero-order chi connectivity index (χ0) is 12.4. The zero-order valence-electron chi connectivity index (χ0n) is 10.1. The second kappa shape index (κ2) is 4.71. The number of nitro benzene ring substituents is 1. The van der Waals surface area contributed by atoms with Gasteiger partial charge in [-0.3, -0.25) is 10.1 Å². The highest BCUT2D eigenvalue weighted by atomic mass is 16.6. The molecule has 1 fully saturated rings. The van der Waals surface area contributed by atoms with Gasteiger partial charge < -0.3 is 10.2 Å². The molecule has 5 nitrogen and oxygen atoms in total. The summed E-state index contributed by atoms with van der Waals surface area (Å²) in [4.78, 5) is 12.6. The number of rotatable bonds is 3. The molecule has 0 aliphatic carbocycles. The summed E-state index contributed by atoms with van der Waals surface area (Å²) >= 11 is 0. The first-order valence-electron chi connectivity index (χ1n) is 5.77. The van der Waals surface area contributed by atoms with E-state index in [1.807, 2.05) is 20.0 Å². The highest BCUT2D eigenvalue weighted by molar-refractivity contribution is 5.56. The van der Waals surface area contributed by atoms with Crippen molar-refractivity contribution in [2.24, 2.45) is 0 Å². The molecule has 0 radical (unpaired) electrons. The molecular weight excluding hydrogens is 218 g/mol. The van der Waals surface area contributed by atoms with Crippen LogP contribution in [0, 0.1) is 17.0 Å². The minimum Gasteiger partial charge on any atom is -0.370 e. The maximum Gasteiger partial charge on any atom is 0.271 e. The van der Waals surface area contributed by atoms with E-state index in [2.05, 4.69) is 10.2 Å². The number of nitro groups is 1. The molecular formula is C12H17N3O2. The molecule has 0 amide bonds. The largest absolute Gasteiger partial charge is 0.370 e. The summed E-state index contributed by atoms with van der Waals surface area (Å²) in [6, 6.07) is 5.66. The fourth-order valence-electron chi connectivity index (χ4n) is 2.23. The Bertz CT molecular complexity index is 428. The van der Waals surface area contributed by atoms with Gasteiger partial charge in [-0.25, -0.2) is 0 Å². The third-order valence-corrected chi connectivity index (χ3v) is 3.25. The van der Waals surface area contributed by atoms with E-state index in [0.29, 0.717) is 6.04 Å². The maximum atomic E-state index is 10.8. The van der Waals surface area contributed by atoms with Crippen molar-refractivity contribution in [2.45, 2.75) is 19.4 Å². The molecule has 92 valence electrons. The molecule has 1 aromatic rings. The van der Waals surface area contributed by atoms with Crippen molar-refractivity contribution in [1.29, 1.82) is 0 Å². The van der Waals surface area contributed by atoms with Crippen molar-refractivity contribution in [3.63, 3.8) is 0 Å². The molecule has 1 aromatic carbocycles. The molecule has 5 heteroatoms. The molecule has 1 atom stereocenters. The third kappa shape index (κ3) is 2.55. The molecule has 1 saturated heterocycles. The van der Waals surface area contributed by atoms with Gasteiger partial charge in [0.1, 0.15) is 0 Å². The van der Waals surface area contributed by atoms with Gasteiger partial charge in [0.05, 0.1) is 4.92 Å². The normalized spacial score (nSPS) is 19.3. The molecule has 17 heavy (non-hydrogen) atoms. The van der Waals surface area contributed by atoms with Gasteiger partial charge in [0.25, 0.3) is 5.69 Å². The van der Waals surface area contributed by atoms with E-state index in [1.54, 1.807) is 12.1 Å². The van der Waals surface area contributed by atoms with Gasteiger partial charge in [-0.15, -0.1) is 0 Å². The van der Waals surface area contributed by atoms with Gasteiger partial charge in [-0.1, -0.05) is 0 Å². The lowest BCUT2D eigenvalue weighted by molar-refractivity contribution is -0.384. The lowest BCUT2D eigenvalue weighted by Gasteiger charge is -2.26. The van der Waals surface area contributed by atoms with E-state index in [4.69, 9.17) is 0 Å². The Labute approximate surface area is 101 Å². The van der Waals surface area contributed by atoms with E-state index in [9.17, 15) is 10.1 Å². The van der Waals surface area contributed by atoms with Crippen LogP contribution >= 0.6 is 0 Å². The lowest BCUT2D eigenvalue weighted by atomic mass is 10.1. The average molecular weight is 235 g/mol. The van der Waals surface area contributed by atoms with Crippen LogP contribution < -0.4 is 10.2 Å². The van der Waals surface area contributed by atoms with Gasteiger partial charge in [-0.2, -0.15) is 0 Å². The van der Waals surface area contributed by atoms with E-state index >= 15 is 0 Å². The minimum atomic E-state index is -0.336. The Morgan fingerprint density at radius 1 is 1.47 bits per heavy atom. The van der Waals surface area contributed by atoms with Gasteiger partial charge >= 0.3 is 0 Å². The number of likely N-dealkylation sites (N-methyl/N-ethyl adjacent to an activating group) is 1. The van der Waals surface area contributed by atoms with E-state index in [0.717, 1.165) is 30.8 Å². The SMILES string of the molecule is Cc1cc(N(C)C2CCNC2)cc([N+](=O)[O-])c1. The molecule has 2 rings (SSSR count). The highest BCUT2D eigenvalue weighted by Crippen LogP contribution is 2.25. The number of nitrogens with one attached hydrogen (secondary N) is 1. The van der Waals surface area contributed by atoms with Crippen LogP contribution in [-0.2, 0) is 0 Å². The van der Waals surface area contributed by atoms with Crippen LogP contribution in [0.4, 0.5) is 11.4 Å². The number of hydrogen-bond acceptors (Lipinski definition) is 4. The number of nitrogens with zero attached hydrogens (tertiary/aromatic N) is 2. The second-order valence-electron chi connectivity index (χ2n) is 4.54. The monoisotopic (exact) mass is 235 g/mol. The summed E-state index contributed by atoms with van der Waals surface area (Å²) in [5.41, 5.74) is 2.01. The summed E-state index contributed by atoms with van der Waals surface area (Å²) in [5, 5.41) is 14.1. The Hall–Kier alpha value is -1.62. The molecule has 1 aliphatic heterocycles. The number of anilines is 1.